The molecule has 0 aliphatic carbocycles. The zero-order valence-electron chi connectivity index (χ0n) is 8.70. The van der Waals surface area contributed by atoms with Crippen LogP contribution in [0.25, 0.3) is 0 Å². The Bertz CT molecular complexity index is 268. The molecule has 78 valence electrons. The van der Waals surface area contributed by atoms with Gasteiger partial charge in [-0.05, 0) is 24.6 Å². The summed E-state index contributed by atoms with van der Waals surface area (Å²) in [5.74, 6) is 0. The lowest BCUT2D eigenvalue weighted by Crippen LogP contribution is -2.15. The molecule has 0 fully saturated rings. The molecule has 0 bridgehead atoms. The van der Waals surface area contributed by atoms with Crippen LogP contribution in [0.4, 0.5) is 0 Å². The molecule has 0 saturated carbocycles. The average Bonchev–Trinajstić information content (AvgIpc) is 2.58. The first-order valence-corrected chi connectivity index (χ1v) is 4.87. The Morgan fingerprint density at radius 3 is 3.14 bits per heavy atom. The quantitative estimate of drug-likeness (QED) is 0.528. The molecule has 1 heterocycles. The molecule has 3 nitrogen and oxygen atoms in total. The molecule has 1 aromatic rings. The fraction of sp³-hybridized carbons (Fsp3) is 0.455. The number of aromatic nitrogens is 1. The first-order valence-electron chi connectivity index (χ1n) is 4.87. The third-order valence-corrected chi connectivity index (χ3v) is 1.96. The van der Waals surface area contributed by atoms with Gasteiger partial charge < -0.3 is 14.6 Å². The molecule has 0 radical (unpaired) electrons. The van der Waals surface area contributed by atoms with Crippen molar-refractivity contribution in [2.24, 2.45) is 7.05 Å². The van der Waals surface area contributed by atoms with Crippen LogP contribution in [0, 0.1) is 0 Å². The number of nitrogens with zero attached hydrogens (tertiary/aromatic N) is 1. The Morgan fingerprint density at radius 2 is 2.50 bits per heavy atom. The van der Waals surface area contributed by atoms with E-state index in [2.05, 4.69) is 34.9 Å². The van der Waals surface area contributed by atoms with Crippen molar-refractivity contribution >= 4 is 0 Å². The van der Waals surface area contributed by atoms with Crippen molar-refractivity contribution in [2.75, 3.05) is 13.2 Å². The van der Waals surface area contributed by atoms with E-state index in [1.54, 1.807) is 0 Å². The van der Waals surface area contributed by atoms with Gasteiger partial charge in [0, 0.05) is 26.0 Å². The van der Waals surface area contributed by atoms with Crippen LogP contribution >= 0.6 is 0 Å². The second-order valence-corrected chi connectivity index (χ2v) is 3.25. The van der Waals surface area contributed by atoms with Gasteiger partial charge in [-0.2, -0.15) is 0 Å². The molecule has 0 aromatic carbocycles. The van der Waals surface area contributed by atoms with Crippen molar-refractivity contribution in [2.45, 2.75) is 13.0 Å². The van der Waals surface area contributed by atoms with Gasteiger partial charge in [-0.15, -0.1) is 0 Å². The minimum atomic E-state index is 0.741. The Hall–Kier alpha value is -1.22. The monoisotopic (exact) mass is 194 g/mol. The molecule has 1 N–H and O–H groups in total. The maximum absolute atomic E-state index is 5.01. The summed E-state index contributed by atoms with van der Waals surface area (Å²) in [7, 11) is 2.03. The third-order valence-electron chi connectivity index (χ3n) is 1.96. The van der Waals surface area contributed by atoms with Crippen LogP contribution in [-0.2, 0) is 18.3 Å². The van der Waals surface area contributed by atoms with Crippen LogP contribution in [0.15, 0.2) is 31.3 Å². The van der Waals surface area contributed by atoms with Crippen molar-refractivity contribution in [3.05, 3.63) is 36.9 Å². The van der Waals surface area contributed by atoms with E-state index in [4.69, 9.17) is 4.74 Å². The summed E-state index contributed by atoms with van der Waals surface area (Å²) in [6.07, 6.45) is 6.67. The number of rotatable bonds is 7. The van der Waals surface area contributed by atoms with E-state index in [1.165, 1.54) is 11.8 Å². The van der Waals surface area contributed by atoms with E-state index in [-0.39, 0.29) is 0 Å². The predicted octanol–water partition coefficient (Wildman–Crippen LogP) is 1.66. The molecule has 0 aliphatic heterocycles. The smallest absolute Gasteiger partial charge is 0.0885 e. The molecule has 0 spiro atoms. The number of hydrogen-bond donors (Lipinski definition) is 1. The van der Waals surface area contributed by atoms with E-state index in [1.807, 2.05) is 7.05 Å². The molecular formula is C11H18N2O. The van der Waals surface area contributed by atoms with E-state index in [0.29, 0.717) is 0 Å². The molecule has 0 saturated heterocycles. The topological polar surface area (TPSA) is 26.2 Å². The number of nitrogens with one attached hydrogen (secondary N) is 1. The summed E-state index contributed by atoms with van der Waals surface area (Å²) in [6.45, 7) is 6.13. The largest absolute Gasteiger partial charge is 0.502 e. The summed E-state index contributed by atoms with van der Waals surface area (Å²) in [6, 6.07) is 2.12. The van der Waals surface area contributed by atoms with Crippen LogP contribution < -0.4 is 5.32 Å². The number of hydrogen-bond acceptors (Lipinski definition) is 2. The van der Waals surface area contributed by atoms with Gasteiger partial charge in [0.1, 0.15) is 0 Å². The summed E-state index contributed by atoms with van der Waals surface area (Å²) >= 11 is 0. The molecule has 0 atom stereocenters. The highest BCUT2D eigenvalue weighted by Gasteiger charge is 1.93. The standard InChI is InChI=1S/C11H18N2O/c1-3-14-8-4-6-12-9-11-5-7-13(2)10-11/h3,5,7,10,12H,1,4,6,8-9H2,2H3. The van der Waals surface area contributed by atoms with Gasteiger partial charge in [-0.1, -0.05) is 6.58 Å². The number of ether oxygens (including phenoxy) is 1. The van der Waals surface area contributed by atoms with Gasteiger partial charge in [0.2, 0.25) is 0 Å². The van der Waals surface area contributed by atoms with Crippen molar-refractivity contribution < 1.29 is 4.74 Å². The summed E-state index contributed by atoms with van der Waals surface area (Å²) in [4.78, 5) is 0. The van der Waals surface area contributed by atoms with Gasteiger partial charge in [0.15, 0.2) is 0 Å². The van der Waals surface area contributed by atoms with Crippen molar-refractivity contribution in [3.8, 4) is 0 Å². The summed E-state index contributed by atoms with van der Waals surface area (Å²) in [5, 5.41) is 3.35. The lowest BCUT2D eigenvalue weighted by atomic mass is 10.3. The minimum absolute atomic E-state index is 0.741. The maximum Gasteiger partial charge on any atom is 0.0885 e. The maximum atomic E-state index is 5.01. The molecule has 0 aliphatic rings. The molecule has 14 heavy (non-hydrogen) atoms. The van der Waals surface area contributed by atoms with Crippen LogP contribution in [0.1, 0.15) is 12.0 Å². The van der Waals surface area contributed by atoms with Crippen LogP contribution in [0.5, 0.6) is 0 Å². The second kappa shape index (κ2) is 6.27. The van der Waals surface area contributed by atoms with Crippen LogP contribution in [-0.4, -0.2) is 17.7 Å². The Kier molecular flexibility index (Phi) is 4.86. The zero-order chi connectivity index (χ0) is 10.2. The summed E-state index contributed by atoms with van der Waals surface area (Å²) in [5.41, 5.74) is 1.32. The lowest BCUT2D eigenvalue weighted by Gasteiger charge is -2.02. The first kappa shape index (κ1) is 10.9. The second-order valence-electron chi connectivity index (χ2n) is 3.25. The van der Waals surface area contributed by atoms with Crippen molar-refractivity contribution in [1.29, 1.82) is 0 Å². The van der Waals surface area contributed by atoms with Gasteiger partial charge in [-0.3, -0.25) is 0 Å². The Morgan fingerprint density at radius 1 is 1.64 bits per heavy atom. The highest BCUT2D eigenvalue weighted by molar-refractivity contribution is 5.09. The lowest BCUT2D eigenvalue weighted by molar-refractivity contribution is 0.244. The van der Waals surface area contributed by atoms with E-state index < -0.39 is 0 Å². The molecule has 1 rings (SSSR count). The predicted molar refractivity (Wildman–Crippen MR) is 57.9 cm³/mol. The highest BCUT2D eigenvalue weighted by Crippen LogP contribution is 1.98. The third kappa shape index (κ3) is 4.14. The van der Waals surface area contributed by atoms with Crippen molar-refractivity contribution in [1.82, 2.24) is 9.88 Å². The fourth-order valence-corrected chi connectivity index (χ4v) is 1.26. The van der Waals surface area contributed by atoms with Crippen molar-refractivity contribution in [3.63, 3.8) is 0 Å². The van der Waals surface area contributed by atoms with Gasteiger partial charge in [0.05, 0.1) is 12.9 Å². The molecule has 3 heteroatoms. The molecular weight excluding hydrogens is 176 g/mol. The number of aryl methyl sites for hydroxylation is 1. The zero-order valence-corrected chi connectivity index (χ0v) is 8.70. The molecule has 0 amide bonds. The normalized spacial score (nSPS) is 10.1. The average molecular weight is 194 g/mol. The Balaban J connectivity index is 2.01. The molecule has 1 aromatic heterocycles. The van der Waals surface area contributed by atoms with Gasteiger partial charge in [-0.25, -0.2) is 0 Å². The molecule has 0 unspecified atom stereocenters. The van der Waals surface area contributed by atoms with Gasteiger partial charge in [0.25, 0.3) is 0 Å². The Labute approximate surface area is 85.4 Å². The van der Waals surface area contributed by atoms with E-state index in [0.717, 1.165) is 26.1 Å². The fourth-order valence-electron chi connectivity index (χ4n) is 1.26. The van der Waals surface area contributed by atoms with E-state index >= 15 is 0 Å². The van der Waals surface area contributed by atoms with Gasteiger partial charge >= 0.3 is 0 Å². The van der Waals surface area contributed by atoms with Crippen LogP contribution in [0.3, 0.4) is 0 Å². The SMILES string of the molecule is C=COCCCNCc1ccn(C)c1. The van der Waals surface area contributed by atoms with E-state index in [9.17, 15) is 0 Å². The minimum Gasteiger partial charge on any atom is -0.502 e. The first-order chi connectivity index (χ1) is 6.83. The highest BCUT2D eigenvalue weighted by atomic mass is 16.5. The van der Waals surface area contributed by atoms with Crippen LogP contribution in [0.2, 0.25) is 0 Å². The summed E-state index contributed by atoms with van der Waals surface area (Å²) < 4.78 is 7.06.